The molecule has 15 nitrogen and oxygen atoms in total. The molecule has 0 bridgehead atoms. The number of nitrogen functional groups attached to an aromatic ring is 1. The van der Waals surface area contributed by atoms with E-state index in [2.05, 4.69) is 15.0 Å². The fourth-order valence-electron chi connectivity index (χ4n) is 6.99. The number of pyridine rings is 1. The van der Waals surface area contributed by atoms with E-state index in [1.165, 1.54) is 27.4 Å². The summed E-state index contributed by atoms with van der Waals surface area (Å²) >= 11 is 6.37. The van der Waals surface area contributed by atoms with Crippen molar-refractivity contribution in [3.63, 3.8) is 0 Å². The van der Waals surface area contributed by atoms with Gasteiger partial charge in [-0.2, -0.15) is 9.77 Å². The van der Waals surface area contributed by atoms with E-state index in [0.29, 0.717) is 64.8 Å². The summed E-state index contributed by atoms with van der Waals surface area (Å²) in [5.74, 6) is -1.27. The number of benzene rings is 3. The average Bonchev–Trinajstić information content (AvgIpc) is 3.42. The Morgan fingerprint density at radius 3 is 2.43 bits per heavy atom. The van der Waals surface area contributed by atoms with Gasteiger partial charge in [-0.3, -0.25) is 19.4 Å². The van der Waals surface area contributed by atoms with Crippen molar-refractivity contribution in [3.05, 3.63) is 98.2 Å². The lowest BCUT2D eigenvalue weighted by molar-refractivity contribution is -0.112. The number of aliphatic imine (C=N–C) groups is 1. The lowest BCUT2D eigenvalue weighted by Crippen LogP contribution is -2.55. The molecular formula is C38H35ClF2N8O7. The maximum atomic E-state index is 15.4. The number of fused-ring (bicyclic) bond motifs is 2. The SMILES string of the molecule is COc1cc(Cc2cnc(/N=C3\C(=O)N(CN4CCN(c5cc6c(cc5F)c(=O)c(C(=O)O)cn6F)CC4C)c4ccc(Cl)cc43)nc2N)cc(OC)c1OC. The van der Waals surface area contributed by atoms with Gasteiger partial charge in [0.2, 0.25) is 11.2 Å². The molecular weight excluding hydrogens is 754 g/mol. The first-order valence-electron chi connectivity index (χ1n) is 17.2. The molecule has 2 aromatic heterocycles. The number of carbonyl (C=O) groups excluding carboxylic acids is 1. The Morgan fingerprint density at radius 2 is 1.79 bits per heavy atom. The number of amides is 1. The van der Waals surface area contributed by atoms with E-state index in [1.807, 2.05) is 11.8 Å². The Morgan fingerprint density at radius 1 is 1.05 bits per heavy atom. The summed E-state index contributed by atoms with van der Waals surface area (Å²) in [4.78, 5) is 56.7. The number of hydrogen-bond donors (Lipinski definition) is 2. The van der Waals surface area contributed by atoms with Crippen LogP contribution in [0.25, 0.3) is 10.9 Å². The zero-order chi connectivity index (χ0) is 40.0. The number of carbonyl (C=O) groups is 2. The first-order valence-corrected chi connectivity index (χ1v) is 17.6. The van der Waals surface area contributed by atoms with Gasteiger partial charge in [-0.1, -0.05) is 16.1 Å². The van der Waals surface area contributed by atoms with Crippen molar-refractivity contribution >= 4 is 63.2 Å². The molecule has 5 aromatic rings. The van der Waals surface area contributed by atoms with Gasteiger partial charge in [0.1, 0.15) is 22.9 Å². The lowest BCUT2D eigenvalue weighted by Gasteiger charge is -2.42. The number of nitrogens with two attached hydrogens (primary N) is 1. The van der Waals surface area contributed by atoms with E-state index in [-0.39, 0.29) is 58.1 Å². The van der Waals surface area contributed by atoms with E-state index in [1.54, 1.807) is 46.3 Å². The van der Waals surface area contributed by atoms with E-state index < -0.39 is 28.7 Å². The molecule has 1 fully saturated rings. The van der Waals surface area contributed by atoms with Gasteiger partial charge in [0.25, 0.3) is 11.9 Å². The second kappa shape index (κ2) is 15.1. The van der Waals surface area contributed by atoms with Gasteiger partial charge in [0, 0.05) is 54.4 Å². The molecule has 4 heterocycles. The number of carboxylic acids is 1. The number of anilines is 3. The first kappa shape index (κ1) is 38.0. The second-order valence-electron chi connectivity index (χ2n) is 13.2. The van der Waals surface area contributed by atoms with E-state index in [9.17, 15) is 24.0 Å². The van der Waals surface area contributed by atoms with Crippen molar-refractivity contribution in [2.24, 2.45) is 4.99 Å². The van der Waals surface area contributed by atoms with Crippen LogP contribution in [-0.4, -0.2) is 96.0 Å². The highest BCUT2D eigenvalue weighted by atomic mass is 35.5. The number of nitrogens with zero attached hydrogens (tertiary/aromatic N) is 7. The Kier molecular flexibility index (Phi) is 10.2. The summed E-state index contributed by atoms with van der Waals surface area (Å²) in [6, 6.07) is 10.5. The number of halogens is 3. The van der Waals surface area contributed by atoms with Crippen LogP contribution in [0.2, 0.25) is 5.02 Å². The molecule has 2 aliphatic rings. The minimum Gasteiger partial charge on any atom is -0.493 e. The number of ether oxygens (including phenoxy) is 3. The molecule has 7 rings (SSSR count). The van der Waals surface area contributed by atoms with Crippen molar-refractivity contribution in [2.75, 3.05) is 63.2 Å². The first-order chi connectivity index (χ1) is 26.8. The molecule has 2 aliphatic heterocycles. The zero-order valence-corrected chi connectivity index (χ0v) is 31.3. The molecule has 0 spiro atoms. The molecule has 1 atom stereocenters. The number of hydrogen-bond acceptors (Lipinski definition) is 12. The minimum absolute atomic E-state index is 0.0101. The highest BCUT2D eigenvalue weighted by Crippen LogP contribution is 2.39. The minimum atomic E-state index is -1.62. The van der Waals surface area contributed by atoms with Crippen LogP contribution in [0.15, 0.2) is 64.6 Å². The van der Waals surface area contributed by atoms with E-state index >= 15 is 4.39 Å². The Hall–Kier alpha value is -6.33. The van der Waals surface area contributed by atoms with Crippen LogP contribution in [-0.2, 0) is 11.2 Å². The van der Waals surface area contributed by atoms with Crippen LogP contribution >= 0.6 is 11.6 Å². The summed E-state index contributed by atoms with van der Waals surface area (Å²) in [7, 11) is 4.57. The largest absolute Gasteiger partial charge is 0.493 e. The van der Waals surface area contributed by atoms with Crippen LogP contribution in [0.1, 0.15) is 34.0 Å². The fourth-order valence-corrected chi connectivity index (χ4v) is 7.16. The smallest absolute Gasteiger partial charge is 0.341 e. The topological polar surface area (TPSA) is 178 Å². The van der Waals surface area contributed by atoms with Crippen molar-refractivity contribution in [1.29, 1.82) is 0 Å². The lowest BCUT2D eigenvalue weighted by atomic mass is 10.1. The monoisotopic (exact) mass is 788 g/mol. The van der Waals surface area contributed by atoms with Gasteiger partial charge in [0.05, 0.1) is 56.5 Å². The Balaban J connectivity index is 1.10. The van der Waals surface area contributed by atoms with Gasteiger partial charge in [0.15, 0.2) is 11.5 Å². The van der Waals surface area contributed by atoms with Crippen molar-refractivity contribution in [1.82, 2.24) is 19.7 Å². The average molecular weight is 789 g/mol. The van der Waals surface area contributed by atoms with E-state index in [0.717, 1.165) is 11.6 Å². The predicted octanol–water partition coefficient (Wildman–Crippen LogP) is 4.85. The molecule has 3 aromatic carbocycles. The molecule has 0 aliphatic carbocycles. The predicted molar refractivity (Wildman–Crippen MR) is 205 cm³/mol. The van der Waals surface area contributed by atoms with Crippen LogP contribution in [0.5, 0.6) is 17.2 Å². The van der Waals surface area contributed by atoms with Crippen LogP contribution < -0.4 is 35.2 Å². The number of piperazine rings is 1. The third kappa shape index (κ3) is 6.90. The number of aromatic nitrogens is 3. The second-order valence-corrected chi connectivity index (χ2v) is 13.6. The maximum Gasteiger partial charge on any atom is 0.341 e. The molecule has 1 unspecified atom stereocenters. The highest BCUT2D eigenvalue weighted by Gasteiger charge is 2.37. The molecule has 290 valence electrons. The van der Waals surface area contributed by atoms with Crippen molar-refractivity contribution < 1.29 is 37.8 Å². The number of rotatable bonds is 10. The summed E-state index contributed by atoms with van der Waals surface area (Å²) in [5.41, 5.74) is 6.92. The molecule has 18 heteroatoms. The van der Waals surface area contributed by atoms with Crippen LogP contribution in [0.4, 0.5) is 32.0 Å². The fraction of sp³-hybridized carbons (Fsp3) is 0.263. The molecule has 1 amide bonds. The van der Waals surface area contributed by atoms with Gasteiger partial charge < -0.3 is 30.0 Å². The van der Waals surface area contributed by atoms with Gasteiger partial charge in [-0.25, -0.2) is 19.2 Å². The summed E-state index contributed by atoms with van der Waals surface area (Å²) in [6.45, 7) is 3.02. The molecule has 0 saturated carbocycles. The number of methoxy groups -OCH3 is 3. The molecule has 56 heavy (non-hydrogen) atoms. The Labute approximate surface area is 323 Å². The van der Waals surface area contributed by atoms with E-state index in [4.69, 9.17) is 31.5 Å². The third-order valence-corrected chi connectivity index (χ3v) is 10.1. The van der Waals surface area contributed by atoms with Crippen molar-refractivity contribution in [2.45, 2.75) is 19.4 Å². The number of carboxylic acid groups (broad SMARTS) is 1. The molecule has 1 saturated heterocycles. The summed E-state index contributed by atoms with van der Waals surface area (Å²) in [6.07, 6.45) is 2.45. The van der Waals surface area contributed by atoms with Crippen LogP contribution in [0, 0.1) is 5.82 Å². The highest BCUT2D eigenvalue weighted by molar-refractivity contribution is 6.55. The van der Waals surface area contributed by atoms with Crippen molar-refractivity contribution in [3.8, 4) is 17.2 Å². The van der Waals surface area contributed by atoms with Gasteiger partial charge in [-0.15, -0.1) is 0 Å². The Bertz CT molecular complexity index is 2490. The molecule has 3 N–H and O–H groups in total. The normalized spacial score (nSPS) is 16.4. The third-order valence-electron chi connectivity index (χ3n) is 9.85. The quantitative estimate of drug-likeness (QED) is 0.197. The molecule has 0 radical (unpaired) electrons. The maximum absolute atomic E-state index is 15.4. The summed E-state index contributed by atoms with van der Waals surface area (Å²) in [5, 5.41) is 9.26. The van der Waals surface area contributed by atoms with Gasteiger partial charge >= 0.3 is 5.97 Å². The van der Waals surface area contributed by atoms with Gasteiger partial charge in [-0.05, 0) is 55.0 Å². The summed E-state index contributed by atoms with van der Waals surface area (Å²) < 4.78 is 46.6. The van der Waals surface area contributed by atoms with Crippen LogP contribution in [0.3, 0.4) is 0 Å². The zero-order valence-electron chi connectivity index (χ0n) is 30.5. The standard InChI is InChI=1S/C38H35ClF2N8O7/c1-19-16-46(29-14-28-24(13-26(29)40)33(50)25(37(52)53)17-49(28)41)7-8-47(19)18-48-27-6-5-22(39)12-23(27)32(36(48)51)44-38-43-15-21(35(42)45-38)9-20-10-30(54-2)34(56-4)31(11-20)55-3/h5-6,10-15,17,19H,7-9,16,18H2,1-4H3,(H,52,53)(H2,42,43,45)/b44-32-. The number of aromatic carboxylic acids is 1.